The van der Waals surface area contributed by atoms with E-state index in [0.717, 1.165) is 0 Å². The highest BCUT2D eigenvalue weighted by molar-refractivity contribution is 9.10. The molecule has 0 saturated heterocycles. The van der Waals surface area contributed by atoms with E-state index in [1.165, 1.54) is 0 Å². The van der Waals surface area contributed by atoms with Crippen LogP contribution in [0.2, 0.25) is 0 Å². The monoisotopic (exact) mass is 480 g/mol. The van der Waals surface area contributed by atoms with Crippen molar-refractivity contribution >= 4 is 33.4 Å². The number of rotatable bonds is 5. The molecular weight excluding hydrogens is 460 g/mol. The molecule has 0 fully saturated rings. The van der Waals surface area contributed by atoms with Crippen LogP contribution < -0.4 is 14.8 Å². The van der Waals surface area contributed by atoms with Crippen LogP contribution in [0.25, 0.3) is 0 Å². The van der Waals surface area contributed by atoms with Crippen molar-refractivity contribution in [1.29, 1.82) is 0 Å². The maximum Gasteiger partial charge on any atom is 0.256 e. The largest absolute Gasteiger partial charge is 0.486 e. The lowest BCUT2D eigenvalue weighted by Crippen LogP contribution is -2.42. The summed E-state index contributed by atoms with van der Waals surface area (Å²) in [4.78, 5) is 27.4. The second-order valence-electron chi connectivity index (χ2n) is 7.16. The number of hydrogen-bond donors (Lipinski definition) is 1. The number of carbonyl (C=O) groups excluding carboxylic acids is 2. The molecule has 1 atom stereocenters. The Morgan fingerprint density at radius 1 is 0.968 bits per heavy atom. The van der Waals surface area contributed by atoms with Crippen LogP contribution in [0.15, 0.2) is 77.3 Å². The lowest BCUT2D eigenvalue weighted by molar-refractivity contribution is 0.0521. The number of para-hydroxylation sites is 3. The number of nitrogens with one attached hydrogen (secondary N) is 1. The van der Waals surface area contributed by atoms with Gasteiger partial charge in [-0.05, 0) is 52.3 Å². The number of benzene rings is 3. The van der Waals surface area contributed by atoms with Crippen molar-refractivity contribution in [3.63, 3.8) is 0 Å². The van der Waals surface area contributed by atoms with Crippen molar-refractivity contribution in [2.24, 2.45) is 0 Å². The van der Waals surface area contributed by atoms with Crippen molar-refractivity contribution in [3.05, 3.63) is 88.4 Å². The molecule has 0 saturated carbocycles. The van der Waals surface area contributed by atoms with Crippen molar-refractivity contribution in [1.82, 2.24) is 4.90 Å². The minimum Gasteiger partial charge on any atom is -0.486 e. The molecule has 7 heteroatoms. The number of carbonyl (C=O) groups is 2. The molecule has 0 aromatic heterocycles. The highest BCUT2D eigenvalue weighted by Gasteiger charge is 2.25. The fraction of sp³-hybridized carbons (Fsp3) is 0.167. The third kappa shape index (κ3) is 4.72. The minimum absolute atomic E-state index is 0.217. The van der Waals surface area contributed by atoms with Crippen LogP contribution in [0.3, 0.4) is 0 Å². The molecule has 0 bridgehead atoms. The van der Waals surface area contributed by atoms with Gasteiger partial charge in [-0.3, -0.25) is 9.59 Å². The Bertz CT molecular complexity index is 1120. The van der Waals surface area contributed by atoms with Gasteiger partial charge in [0.1, 0.15) is 6.61 Å². The molecule has 158 valence electrons. The predicted molar refractivity (Wildman–Crippen MR) is 122 cm³/mol. The standard InChI is InChI=1S/C24H21BrN2O4/c1-27(14-16-15-30-21-12-6-7-13-22(21)31-16)24(29)18-9-3-5-11-20(18)26-23(28)17-8-2-4-10-19(17)25/h2-13,16H,14-15H2,1H3,(H,26,28)/t16-/m0/s1. The van der Waals surface area contributed by atoms with Crippen molar-refractivity contribution in [2.75, 3.05) is 25.5 Å². The number of ether oxygens (including phenoxy) is 2. The number of anilines is 1. The summed E-state index contributed by atoms with van der Waals surface area (Å²) in [5.74, 6) is 0.857. The summed E-state index contributed by atoms with van der Waals surface area (Å²) in [6.07, 6.45) is -0.286. The van der Waals surface area contributed by atoms with Gasteiger partial charge in [0.2, 0.25) is 0 Å². The van der Waals surface area contributed by atoms with E-state index in [4.69, 9.17) is 9.47 Å². The Morgan fingerprint density at radius 2 is 1.61 bits per heavy atom. The fourth-order valence-electron chi connectivity index (χ4n) is 3.36. The molecular formula is C24H21BrN2O4. The van der Waals surface area contributed by atoms with Gasteiger partial charge in [0.25, 0.3) is 11.8 Å². The quantitative estimate of drug-likeness (QED) is 0.578. The molecule has 3 aromatic rings. The molecule has 1 N–H and O–H groups in total. The number of amides is 2. The Kier molecular flexibility index (Phi) is 6.23. The molecule has 6 nitrogen and oxygen atoms in total. The first-order valence-electron chi connectivity index (χ1n) is 9.82. The predicted octanol–water partition coefficient (Wildman–Crippen LogP) is 4.61. The van der Waals surface area contributed by atoms with Crippen LogP contribution in [-0.2, 0) is 0 Å². The van der Waals surface area contributed by atoms with Crippen LogP contribution in [-0.4, -0.2) is 43.0 Å². The minimum atomic E-state index is -0.295. The van der Waals surface area contributed by atoms with Crippen LogP contribution in [0.1, 0.15) is 20.7 Å². The zero-order valence-electron chi connectivity index (χ0n) is 16.9. The van der Waals surface area contributed by atoms with Crippen LogP contribution >= 0.6 is 15.9 Å². The van der Waals surface area contributed by atoms with E-state index < -0.39 is 0 Å². The van der Waals surface area contributed by atoms with Crippen molar-refractivity contribution in [3.8, 4) is 11.5 Å². The SMILES string of the molecule is CN(C[C@H]1COc2ccccc2O1)C(=O)c1ccccc1NC(=O)c1ccccc1Br. The molecule has 0 spiro atoms. The van der Waals surface area contributed by atoms with Gasteiger partial charge in [-0.2, -0.15) is 0 Å². The van der Waals surface area contributed by atoms with Gasteiger partial charge < -0.3 is 19.7 Å². The molecule has 3 aromatic carbocycles. The Labute approximate surface area is 188 Å². The third-order valence-electron chi connectivity index (χ3n) is 4.92. The highest BCUT2D eigenvalue weighted by atomic mass is 79.9. The average Bonchev–Trinajstić information content (AvgIpc) is 2.79. The number of likely N-dealkylation sites (N-methyl/N-ethyl adjacent to an activating group) is 1. The Balaban J connectivity index is 1.46. The first-order chi connectivity index (χ1) is 15.0. The maximum atomic E-state index is 13.1. The van der Waals surface area contributed by atoms with E-state index in [9.17, 15) is 9.59 Å². The smallest absolute Gasteiger partial charge is 0.256 e. The molecule has 1 aliphatic heterocycles. The van der Waals surface area contributed by atoms with Crippen molar-refractivity contribution in [2.45, 2.75) is 6.10 Å². The van der Waals surface area contributed by atoms with E-state index >= 15 is 0 Å². The lowest BCUT2D eigenvalue weighted by Gasteiger charge is -2.30. The Morgan fingerprint density at radius 3 is 2.39 bits per heavy atom. The maximum absolute atomic E-state index is 13.1. The van der Waals surface area contributed by atoms with E-state index in [1.807, 2.05) is 30.3 Å². The fourth-order valence-corrected chi connectivity index (χ4v) is 3.83. The summed E-state index contributed by atoms with van der Waals surface area (Å²) in [7, 11) is 1.71. The van der Waals surface area contributed by atoms with Gasteiger partial charge >= 0.3 is 0 Å². The first-order valence-corrected chi connectivity index (χ1v) is 10.6. The van der Waals surface area contributed by atoms with Crippen LogP contribution in [0.5, 0.6) is 11.5 Å². The Hall–Kier alpha value is -3.32. The van der Waals surface area contributed by atoms with Crippen LogP contribution in [0.4, 0.5) is 5.69 Å². The van der Waals surface area contributed by atoms with Gasteiger partial charge in [-0.1, -0.05) is 36.4 Å². The molecule has 0 radical (unpaired) electrons. The normalized spacial score (nSPS) is 14.6. The second kappa shape index (κ2) is 9.22. The average molecular weight is 481 g/mol. The summed E-state index contributed by atoms with van der Waals surface area (Å²) in [5.41, 5.74) is 1.35. The number of hydrogen-bond acceptors (Lipinski definition) is 4. The molecule has 0 unspecified atom stereocenters. The molecule has 1 aliphatic rings. The topological polar surface area (TPSA) is 67.9 Å². The number of nitrogens with zero attached hydrogens (tertiary/aromatic N) is 1. The van der Waals surface area contributed by atoms with Gasteiger partial charge in [0.05, 0.1) is 23.4 Å². The van der Waals surface area contributed by atoms with Gasteiger partial charge in [0.15, 0.2) is 17.6 Å². The van der Waals surface area contributed by atoms with E-state index in [1.54, 1.807) is 54.4 Å². The second-order valence-corrected chi connectivity index (χ2v) is 8.02. The highest BCUT2D eigenvalue weighted by Crippen LogP contribution is 2.31. The number of halogens is 1. The number of fused-ring (bicyclic) bond motifs is 1. The van der Waals surface area contributed by atoms with Gasteiger partial charge in [-0.15, -0.1) is 0 Å². The summed E-state index contributed by atoms with van der Waals surface area (Å²) in [6, 6.07) is 21.6. The molecule has 31 heavy (non-hydrogen) atoms. The third-order valence-corrected chi connectivity index (χ3v) is 5.61. The van der Waals surface area contributed by atoms with E-state index in [0.29, 0.717) is 45.9 Å². The molecule has 4 rings (SSSR count). The summed E-state index contributed by atoms with van der Waals surface area (Å²) in [6.45, 7) is 0.703. The van der Waals surface area contributed by atoms with E-state index in [-0.39, 0.29) is 17.9 Å². The van der Waals surface area contributed by atoms with E-state index in [2.05, 4.69) is 21.2 Å². The summed E-state index contributed by atoms with van der Waals surface area (Å²) in [5, 5.41) is 2.85. The molecule has 0 aliphatic carbocycles. The first kappa shape index (κ1) is 20.9. The molecule has 2 amide bonds. The zero-order valence-corrected chi connectivity index (χ0v) is 18.5. The lowest BCUT2D eigenvalue weighted by atomic mass is 10.1. The van der Waals surface area contributed by atoms with Gasteiger partial charge in [0, 0.05) is 11.5 Å². The summed E-state index contributed by atoms with van der Waals surface area (Å²) >= 11 is 3.39. The van der Waals surface area contributed by atoms with Crippen molar-refractivity contribution < 1.29 is 19.1 Å². The van der Waals surface area contributed by atoms with Crippen LogP contribution in [0, 0.1) is 0 Å². The summed E-state index contributed by atoms with van der Waals surface area (Å²) < 4.78 is 12.4. The van der Waals surface area contributed by atoms with Gasteiger partial charge in [-0.25, -0.2) is 0 Å². The zero-order chi connectivity index (χ0) is 21.8. The molecule has 1 heterocycles.